The molecule has 2 rings (SSSR count). The molecule has 17 heavy (non-hydrogen) atoms. The maximum absolute atomic E-state index is 3.77. The predicted octanol–water partition coefficient (Wildman–Crippen LogP) is 3.17. The standard InChI is InChI=1S/C15H30N2/c1-3-7-13-12-17(14-9-5-6-10-14)15(8-4-2)11-16-13/h13-16H,3-12H2,1-2H3. The molecular weight excluding hydrogens is 208 g/mol. The minimum atomic E-state index is 0.758. The second-order valence-corrected chi connectivity index (χ2v) is 5.97. The molecule has 2 unspecified atom stereocenters. The van der Waals surface area contributed by atoms with E-state index in [-0.39, 0.29) is 0 Å². The van der Waals surface area contributed by atoms with Crippen LogP contribution in [-0.4, -0.2) is 36.1 Å². The normalized spacial score (nSPS) is 32.1. The van der Waals surface area contributed by atoms with Crippen molar-refractivity contribution < 1.29 is 0 Å². The Labute approximate surface area is 107 Å². The molecule has 1 N–H and O–H groups in total. The highest BCUT2D eigenvalue weighted by Crippen LogP contribution is 2.28. The fourth-order valence-corrected chi connectivity index (χ4v) is 3.71. The Morgan fingerprint density at radius 3 is 2.41 bits per heavy atom. The average molecular weight is 238 g/mol. The summed E-state index contributed by atoms with van der Waals surface area (Å²) in [6.45, 7) is 7.17. The van der Waals surface area contributed by atoms with Crippen LogP contribution in [0, 0.1) is 0 Å². The van der Waals surface area contributed by atoms with E-state index in [1.54, 1.807) is 0 Å². The lowest BCUT2D eigenvalue weighted by atomic mass is 9.99. The van der Waals surface area contributed by atoms with Gasteiger partial charge in [-0.3, -0.25) is 4.90 Å². The monoisotopic (exact) mass is 238 g/mol. The lowest BCUT2D eigenvalue weighted by molar-refractivity contribution is 0.0755. The molecule has 0 aromatic carbocycles. The van der Waals surface area contributed by atoms with Crippen LogP contribution in [0.25, 0.3) is 0 Å². The maximum Gasteiger partial charge on any atom is 0.0224 e. The van der Waals surface area contributed by atoms with Crippen LogP contribution < -0.4 is 5.32 Å². The Morgan fingerprint density at radius 2 is 1.76 bits per heavy atom. The highest BCUT2D eigenvalue weighted by atomic mass is 15.3. The number of nitrogens with zero attached hydrogens (tertiary/aromatic N) is 1. The molecular formula is C15H30N2. The van der Waals surface area contributed by atoms with Crippen LogP contribution in [0.3, 0.4) is 0 Å². The average Bonchev–Trinajstić information content (AvgIpc) is 2.85. The van der Waals surface area contributed by atoms with E-state index in [2.05, 4.69) is 24.1 Å². The molecule has 2 heteroatoms. The zero-order valence-corrected chi connectivity index (χ0v) is 11.8. The Balaban J connectivity index is 1.93. The van der Waals surface area contributed by atoms with Gasteiger partial charge in [-0.15, -0.1) is 0 Å². The fraction of sp³-hybridized carbons (Fsp3) is 1.00. The predicted molar refractivity (Wildman–Crippen MR) is 74.4 cm³/mol. The Bertz CT molecular complexity index is 211. The second kappa shape index (κ2) is 6.75. The summed E-state index contributed by atoms with van der Waals surface area (Å²) in [6.07, 6.45) is 11.2. The molecule has 0 aromatic rings. The van der Waals surface area contributed by atoms with E-state index in [1.165, 1.54) is 64.5 Å². The van der Waals surface area contributed by atoms with Gasteiger partial charge >= 0.3 is 0 Å². The minimum Gasteiger partial charge on any atom is -0.311 e. The fourth-order valence-electron chi connectivity index (χ4n) is 3.71. The van der Waals surface area contributed by atoms with Gasteiger partial charge in [0.25, 0.3) is 0 Å². The van der Waals surface area contributed by atoms with Gasteiger partial charge in [0.15, 0.2) is 0 Å². The van der Waals surface area contributed by atoms with Gasteiger partial charge < -0.3 is 5.32 Å². The van der Waals surface area contributed by atoms with E-state index < -0.39 is 0 Å². The zero-order valence-electron chi connectivity index (χ0n) is 11.8. The first kappa shape index (κ1) is 13.4. The lowest BCUT2D eigenvalue weighted by Crippen LogP contribution is -2.58. The molecule has 1 saturated heterocycles. The van der Waals surface area contributed by atoms with Crippen molar-refractivity contribution in [1.29, 1.82) is 0 Å². The molecule has 1 heterocycles. The number of rotatable bonds is 5. The van der Waals surface area contributed by atoms with Crippen molar-refractivity contribution >= 4 is 0 Å². The van der Waals surface area contributed by atoms with Crippen molar-refractivity contribution in [3.8, 4) is 0 Å². The zero-order chi connectivity index (χ0) is 12.1. The highest BCUT2D eigenvalue weighted by molar-refractivity contribution is 4.91. The lowest BCUT2D eigenvalue weighted by Gasteiger charge is -2.44. The van der Waals surface area contributed by atoms with E-state index in [0.717, 1.165) is 18.1 Å². The third kappa shape index (κ3) is 3.45. The van der Waals surface area contributed by atoms with Crippen LogP contribution in [0.1, 0.15) is 65.2 Å². The summed E-state index contributed by atoms with van der Waals surface area (Å²) in [7, 11) is 0. The van der Waals surface area contributed by atoms with E-state index in [0.29, 0.717) is 0 Å². The highest BCUT2D eigenvalue weighted by Gasteiger charge is 2.33. The van der Waals surface area contributed by atoms with Crippen LogP contribution >= 0.6 is 0 Å². The molecule has 1 saturated carbocycles. The topological polar surface area (TPSA) is 15.3 Å². The number of hydrogen-bond donors (Lipinski definition) is 1. The summed E-state index contributed by atoms with van der Waals surface area (Å²) < 4.78 is 0. The van der Waals surface area contributed by atoms with Crippen molar-refractivity contribution in [2.45, 2.75) is 83.3 Å². The maximum atomic E-state index is 3.77. The molecule has 100 valence electrons. The second-order valence-electron chi connectivity index (χ2n) is 5.97. The van der Waals surface area contributed by atoms with Gasteiger partial charge in [0.05, 0.1) is 0 Å². The third-order valence-corrected chi connectivity index (χ3v) is 4.60. The van der Waals surface area contributed by atoms with Gasteiger partial charge in [0.1, 0.15) is 0 Å². The van der Waals surface area contributed by atoms with Gasteiger partial charge in [-0.25, -0.2) is 0 Å². The molecule has 0 spiro atoms. The van der Waals surface area contributed by atoms with Crippen LogP contribution in [0.2, 0.25) is 0 Å². The molecule has 2 atom stereocenters. The molecule has 1 aliphatic carbocycles. The minimum absolute atomic E-state index is 0.758. The van der Waals surface area contributed by atoms with Crippen molar-refractivity contribution in [1.82, 2.24) is 10.2 Å². The molecule has 0 radical (unpaired) electrons. The van der Waals surface area contributed by atoms with Crippen LogP contribution in [-0.2, 0) is 0 Å². The summed E-state index contributed by atoms with van der Waals surface area (Å²) in [6, 6.07) is 2.48. The number of hydrogen-bond acceptors (Lipinski definition) is 2. The van der Waals surface area contributed by atoms with Gasteiger partial charge in [0, 0.05) is 31.2 Å². The third-order valence-electron chi connectivity index (χ3n) is 4.60. The summed E-state index contributed by atoms with van der Waals surface area (Å²) in [5.74, 6) is 0. The first-order chi connectivity index (χ1) is 8.35. The largest absolute Gasteiger partial charge is 0.311 e. The van der Waals surface area contributed by atoms with Crippen molar-refractivity contribution in [2.75, 3.05) is 13.1 Å². The van der Waals surface area contributed by atoms with Gasteiger partial charge in [0.2, 0.25) is 0 Å². The van der Waals surface area contributed by atoms with Gasteiger partial charge in [-0.2, -0.15) is 0 Å². The molecule has 0 bridgehead atoms. The van der Waals surface area contributed by atoms with Crippen LogP contribution in [0.5, 0.6) is 0 Å². The molecule has 2 fully saturated rings. The van der Waals surface area contributed by atoms with Crippen molar-refractivity contribution in [3.63, 3.8) is 0 Å². The number of nitrogens with one attached hydrogen (secondary N) is 1. The summed E-state index contributed by atoms with van der Waals surface area (Å²) >= 11 is 0. The van der Waals surface area contributed by atoms with E-state index in [9.17, 15) is 0 Å². The van der Waals surface area contributed by atoms with E-state index in [4.69, 9.17) is 0 Å². The molecule has 0 aromatic heterocycles. The molecule has 2 nitrogen and oxygen atoms in total. The summed E-state index contributed by atoms with van der Waals surface area (Å²) in [5.41, 5.74) is 0. The van der Waals surface area contributed by atoms with Crippen molar-refractivity contribution in [2.24, 2.45) is 0 Å². The Kier molecular flexibility index (Phi) is 5.30. The summed E-state index contributed by atoms with van der Waals surface area (Å²) in [5, 5.41) is 3.77. The summed E-state index contributed by atoms with van der Waals surface area (Å²) in [4.78, 5) is 2.87. The van der Waals surface area contributed by atoms with Gasteiger partial charge in [-0.1, -0.05) is 39.5 Å². The smallest absolute Gasteiger partial charge is 0.0224 e. The van der Waals surface area contributed by atoms with Crippen LogP contribution in [0.4, 0.5) is 0 Å². The molecule has 2 aliphatic rings. The SMILES string of the molecule is CCCC1CN(C2CCCC2)C(CCC)CN1. The first-order valence-corrected chi connectivity index (χ1v) is 7.84. The van der Waals surface area contributed by atoms with Gasteiger partial charge in [-0.05, 0) is 25.7 Å². The van der Waals surface area contributed by atoms with Crippen LogP contribution in [0.15, 0.2) is 0 Å². The van der Waals surface area contributed by atoms with Crippen molar-refractivity contribution in [3.05, 3.63) is 0 Å². The number of piperazine rings is 1. The quantitative estimate of drug-likeness (QED) is 0.791. The first-order valence-electron chi connectivity index (χ1n) is 7.84. The van der Waals surface area contributed by atoms with E-state index >= 15 is 0 Å². The molecule has 1 aliphatic heterocycles. The Morgan fingerprint density at radius 1 is 1.06 bits per heavy atom. The Hall–Kier alpha value is -0.0800. The molecule has 0 amide bonds. The van der Waals surface area contributed by atoms with E-state index in [1.807, 2.05) is 0 Å².